The van der Waals surface area contributed by atoms with E-state index in [1.807, 2.05) is 4.90 Å². The maximum atomic E-state index is 11.1. The molecule has 2 nitrogen and oxygen atoms in total. The minimum absolute atomic E-state index is 0.0497. The fourth-order valence-corrected chi connectivity index (χ4v) is 1.00. The molecule has 0 saturated heterocycles. The molecule has 1 amide bonds. The van der Waals surface area contributed by atoms with Gasteiger partial charge in [0.15, 0.2) is 0 Å². The topological polar surface area (TPSA) is 20.3 Å². The Morgan fingerprint density at radius 3 is 2.09 bits per heavy atom. The van der Waals surface area contributed by atoms with Gasteiger partial charge in [-0.15, -0.1) is 0 Å². The molecule has 0 rings (SSSR count). The van der Waals surface area contributed by atoms with E-state index in [0.29, 0.717) is 0 Å². The molecule has 0 radical (unpaired) electrons. The lowest BCUT2D eigenvalue weighted by Crippen LogP contribution is -2.30. The van der Waals surface area contributed by atoms with Crippen LogP contribution in [-0.2, 0) is 4.79 Å². The molecule has 0 N–H and O–H groups in total. The predicted molar refractivity (Wildman–Crippen MR) is 47.4 cm³/mol. The fraction of sp³-hybridized carbons (Fsp3) is 0.667. The molecule has 0 aromatic heterocycles. The first-order chi connectivity index (χ1) is 5.26. The van der Waals surface area contributed by atoms with Gasteiger partial charge in [0, 0.05) is 13.1 Å². The molecule has 0 bridgehead atoms. The summed E-state index contributed by atoms with van der Waals surface area (Å²) < 4.78 is 0. The van der Waals surface area contributed by atoms with Crippen molar-refractivity contribution in [3.63, 3.8) is 0 Å². The van der Waals surface area contributed by atoms with Crippen LogP contribution in [-0.4, -0.2) is 23.9 Å². The molecule has 0 spiro atoms. The van der Waals surface area contributed by atoms with E-state index >= 15 is 0 Å². The van der Waals surface area contributed by atoms with Gasteiger partial charge < -0.3 is 4.90 Å². The molecule has 0 atom stereocenters. The third kappa shape index (κ3) is 3.81. The van der Waals surface area contributed by atoms with Crippen LogP contribution >= 0.6 is 0 Å². The van der Waals surface area contributed by atoms with Crippen molar-refractivity contribution in [1.82, 2.24) is 4.90 Å². The fourth-order valence-electron chi connectivity index (χ4n) is 1.00. The Balaban J connectivity index is 3.86. The molecule has 0 saturated carbocycles. The van der Waals surface area contributed by atoms with Gasteiger partial charge in [-0.05, 0) is 18.9 Å². The smallest absolute Gasteiger partial charge is 0.245 e. The summed E-state index contributed by atoms with van der Waals surface area (Å²) in [6.45, 7) is 9.28. The standard InChI is InChI=1S/C9H17NO/c1-4-7-10(8-5-2)9(11)6-3/h6H,3-5,7-8H2,1-2H3. The van der Waals surface area contributed by atoms with Crippen LogP contribution in [0.5, 0.6) is 0 Å². The van der Waals surface area contributed by atoms with Crippen molar-refractivity contribution < 1.29 is 4.79 Å². The second kappa shape index (κ2) is 5.96. The summed E-state index contributed by atoms with van der Waals surface area (Å²) in [7, 11) is 0. The third-order valence-electron chi connectivity index (χ3n) is 1.47. The third-order valence-corrected chi connectivity index (χ3v) is 1.47. The second-order valence-electron chi connectivity index (χ2n) is 2.53. The van der Waals surface area contributed by atoms with E-state index in [1.165, 1.54) is 6.08 Å². The second-order valence-corrected chi connectivity index (χ2v) is 2.53. The molecule has 2 heteroatoms. The lowest BCUT2D eigenvalue weighted by molar-refractivity contribution is -0.126. The van der Waals surface area contributed by atoms with Gasteiger partial charge in [0.05, 0.1) is 0 Å². The highest BCUT2D eigenvalue weighted by Crippen LogP contribution is 1.95. The molecule has 0 aromatic rings. The van der Waals surface area contributed by atoms with E-state index in [9.17, 15) is 4.79 Å². The molecule has 0 aliphatic rings. The van der Waals surface area contributed by atoms with Gasteiger partial charge in [0.25, 0.3) is 0 Å². The molecular formula is C9H17NO. The number of hydrogen-bond acceptors (Lipinski definition) is 1. The van der Waals surface area contributed by atoms with Crippen LogP contribution in [0.2, 0.25) is 0 Å². The maximum absolute atomic E-state index is 11.1. The molecule has 0 heterocycles. The van der Waals surface area contributed by atoms with E-state index in [0.717, 1.165) is 25.9 Å². The largest absolute Gasteiger partial charge is 0.339 e. The monoisotopic (exact) mass is 155 g/mol. The molecule has 0 fully saturated rings. The molecule has 0 aliphatic heterocycles. The zero-order valence-electron chi connectivity index (χ0n) is 7.47. The highest BCUT2D eigenvalue weighted by Gasteiger charge is 2.05. The van der Waals surface area contributed by atoms with Gasteiger partial charge in [-0.1, -0.05) is 20.4 Å². The minimum Gasteiger partial charge on any atom is -0.339 e. The summed E-state index contributed by atoms with van der Waals surface area (Å²) in [6.07, 6.45) is 3.41. The van der Waals surface area contributed by atoms with Gasteiger partial charge >= 0.3 is 0 Å². The number of rotatable bonds is 5. The van der Waals surface area contributed by atoms with Crippen molar-refractivity contribution in [1.29, 1.82) is 0 Å². The van der Waals surface area contributed by atoms with Gasteiger partial charge in [0.1, 0.15) is 0 Å². The quantitative estimate of drug-likeness (QED) is 0.554. The Morgan fingerprint density at radius 2 is 1.82 bits per heavy atom. The number of nitrogens with zero attached hydrogens (tertiary/aromatic N) is 1. The van der Waals surface area contributed by atoms with Crippen molar-refractivity contribution >= 4 is 5.91 Å². The van der Waals surface area contributed by atoms with Crippen LogP contribution < -0.4 is 0 Å². The Morgan fingerprint density at radius 1 is 1.36 bits per heavy atom. The van der Waals surface area contributed by atoms with Gasteiger partial charge in [0.2, 0.25) is 5.91 Å². The number of hydrogen-bond donors (Lipinski definition) is 0. The highest BCUT2D eigenvalue weighted by atomic mass is 16.2. The van der Waals surface area contributed by atoms with E-state index in [1.54, 1.807) is 0 Å². The highest BCUT2D eigenvalue weighted by molar-refractivity contribution is 5.86. The molecule has 0 aliphatic carbocycles. The molecule has 64 valence electrons. The van der Waals surface area contributed by atoms with Gasteiger partial charge in [-0.2, -0.15) is 0 Å². The van der Waals surface area contributed by atoms with Crippen molar-refractivity contribution in [3.8, 4) is 0 Å². The first-order valence-electron chi connectivity index (χ1n) is 4.17. The molecule has 0 aromatic carbocycles. The summed E-state index contributed by atoms with van der Waals surface area (Å²) in [4.78, 5) is 12.9. The zero-order valence-corrected chi connectivity index (χ0v) is 7.47. The normalized spacial score (nSPS) is 9.27. The Hall–Kier alpha value is -0.790. The predicted octanol–water partition coefficient (Wildman–Crippen LogP) is 1.82. The van der Waals surface area contributed by atoms with Crippen LogP contribution in [0, 0.1) is 0 Å². The van der Waals surface area contributed by atoms with E-state index in [-0.39, 0.29) is 5.91 Å². The number of carbonyl (C=O) groups is 1. The van der Waals surface area contributed by atoms with E-state index < -0.39 is 0 Å². The Kier molecular flexibility index (Phi) is 5.53. The zero-order chi connectivity index (χ0) is 8.69. The van der Waals surface area contributed by atoms with Crippen molar-refractivity contribution in [2.75, 3.05) is 13.1 Å². The maximum Gasteiger partial charge on any atom is 0.245 e. The van der Waals surface area contributed by atoms with Crippen LogP contribution in [0.25, 0.3) is 0 Å². The van der Waals surface area contributed by atoms with Crippen LogP contribution in [0.4, 0.5) is 0 Å². The summed E-state index contributed by atoms with van der Waals surface area (Å²) in [5.41, 5.74) is 0. The minimum atomic E-state index is 0.0497. The summed E-state index contributed by atoms with van der Waals surface area (Å²) in [5, 5.41) is 0. The Labute approximate surface area is 68.9 Å². The lowest BCUT2D eigenvalue weighted by atomic mass is 10.3. The molecular weight excluding hydrogens is 138 g/mol. The Bertz CT molecular complexity index is 126. The van der Waals surface area contributed by atoms with Gasteiger partial charge in [-0.25, -0.2) is 0 Å². The molecule has 11 heavy (non-hydrogen) atoms. The van der Waals surface area contributed by atoms with Crippen molar-refractivity contribution in [3.05, 3.63) is 12.7 Å². The summed E-state index contributed by atoms with van der Waals surface area (Å²) in [6, 6.07) is 0. The van der Waals surface area contributed by atoms with Crippen LogP contribution in [0.3, 0.4) is 0 Å². The van der Waals surface area contributed by atoms with Crippen LogP contribution in [0.15, 0.2) is 12.7 Å². The lowest BCUT2D eigenvalue weighted by Gasteiger charge is -2.18. The number of carbonyl (C=O) groups excluding carboxylic acids is 1. The SMILES string of the molecule is C=CC(=O)N(CCC)CCC. The first kappa shape index (κ1) is 10.2. The van der Waals surface area contributed by atoms with Crippen LogP contribution in [0.1, 0.15) is 26.7 Å². The summed E-state index contributed by atoms with van der Waals surface area (Å²) in [5.74, 6) is 0.0497. The molecule has 0 unspecified atom stereocenters. The first-order valence-corrected chi connectivity index (χ1v) is 4.17. The number of amides is 1. The van der Waals surface area contributed by atoms with Gasteiger partial charge in [-0.3, -0.25) is 4.79 Å². The van der Waals surface area contributed by atoms with E-state index in [4.69, 9.17) is 0 Å². The van der Waals surface area contributed by atoms with E-state index in [2.05, 4.69) is 20.4 Å². The van der Waals surface area contributed by atoms with Crippen molar-refractivity contribution in [2.24, 2.45) is 0 Å². The average molecular weight is 155 g/mol. The van der Waals surface area contributed by atoms with Crippen molar-refractivity contribution in [2.45, 2.75) is 26.7 Å². The average Bonchev–Trinajstić information content (AvgIpc) is 2.03. The summed E-state index contributed by atoms with van der Waals surface area (Å²) >= 11 is 0.